The molecular formula is C23H20ClN3O2S2. The van der Waals surface area contributed by atoms with Crippen LogP contribution >= 0.6 is 34.7 Å². The Balaban J connectivity index is 1.57. The molecule has 0 atom stereocenters. The molecule has 0 unspecified atom stereocenters. The van der Waals surface area contributed by atoms with E-state index in [1.54, 1.807) is 16.7 Å². The van der Waals surface area contributed by atoms with Crippen molar-refractivity contribution < 1.29 is 4.79 Å². The van der Waals surface area contributed by atoms with Crippen molar-refractivity contribution in [2.24, 2.45) is 0 Å². The van der Waals surface area contributed by atoms with Gasteiger partial charge in [-0.15, -0.1) is 11.3 Å². The first-order valence-electron chi connectivity index (χ1n) is 9.64. The number of fused-ring (bicyclic) bond motifs is 1. The minimum absolute atomic E-state index is 0.118. The SMILES string of the molecule is Cc1ccc(-n2c(SCC(=O)NCc3ccc(Cl)cc3)nc3ccsc3c2=O)cc1C. The average molecular weight is 470 g/mol. The summed E-state index contributed by atoms with van der Waals surface area (Å²) in [5.41, 5.74) is 4.49. The fraction of sp³-hybridized carbons (Fsp3) is 0.174. The number of aryl methyl sites for hydroxylation is 2. The molecule has 4 aromatic rings. The summed E-state index contributed by atoms with van der Waals surface area (Å²) >= 11 is 8.53. The van der Waals surface area contributed by atoms with Crippen LogP contribution in [0.5, 0.6) is 0 Å². The number of nitrogens with one attached hydrogen (secondary N) is 1. The lowest BCUT2D eigenvalue weighted by atomic mass is 10.1. The second-order valence-electron chi connectivity index (χ2n) is 7.13. The Kier molecular flexibility index (Phi) is 6.46. The van der Waals surface area contributed by atoms with Gasteiger partial charge >= 0.3 is 0 Å². The van der Waals surface area contributed by atoms with Crippen molar-refractivity contribution in [1.29, 1.82) is 0 Å². The monoisotopic (exact) mass is 469 g/mol. The average Bonchev–Trinajstić information content (AvgIpc) is 3.23. The van der Waals surface area contributed by atoms with Gasteiger partial charge in [-0.3, -0.25) is 14.2 Å². The summed E-state index contributed by atoms with van der Waals surface area (Å²) in [6, 6.07) is 15.0. The van der Waals surface area contributed by atoms with Crippen LogP contribution in [0.4, 0.5) is 0 Å². The second-order valence-corrected chi connectivity index (χ2v) is 9.43. The topological polar surface area (TPSA) is 64.0 Å². The Morgan fingerprint density at radius 3 is 2.65 bits per heavy atom. The number of hydrogen-bond donors (Lipinski definition) is 1. The predicted octanol–water partition coefficient (Wildman–Crippen LogP) is 5.13. The molecule has 1 amide bonds. The Labute approximate surface area is 193 Å². The van der Waals surface area contributed by atoms with E-state index in [2.05, 4.69) is 10.3 Å². The highest BCUT2D eigenvalue weighted by molar-refractivity contribution is 7.99. The van der Waals surface area contributed by atoms with E-state index >= 15 is 0 Å². The van der Waals surface area contributed by atoms with Crippen molar-refractivity contribution in [2.45, 2.75) is 25.5 Å². The zero-order valence-electron chi connectivity index (χ0n) is 17.0. The standard InChI is InChI=1S/C23H20ClN3O2S2/c1-14-3-8-18(11-15(14)2)27-22(29)21-19(9-10-30-21)26-23(27)31-13-20(28)25-12-16-4-6-17(24)7-5-16/h3-11H,12-13H2,1-2H3,(H,25,28). The molecule has 158 valence electrons. The van der Waals surface area contributed by atoms with E-state index < -0.39 is 0 Å². The van der Waals surface area contributed by atoms with Crippen molar-refractivity contribution in [2.75, 3.05) is 5.75 Å². The molecule has 31 heavy (non-hydrogen) atoms. The maximum Gasteiger partial charge on any atom is 0.276 e. The summed E-state index contributed by atoms with van der Waals surface area (Å²) in [4.78, 5) is 30.3. The molecule has 1 N–H and O–H groups in total. The first-order valence-corrected chi connectivity index (χ1v) is 11.9. The number of halogens is 1. The zero-order chi connectivity index (χ0) is 22.0. The Hall–Kier alpha value is -2.61. The van der Waals surface area contributed by atoms with E-state index in [1.165, 1.54) is 23.1 Å². The number of amides is 1. The minimum Gasteiger partial charge on any atom is -0.351 e. The first kappa shape index (κ1) is 21.6. The van der Waals surface area contributed by atoms with Crippen LogP contribution < -0.4 is 10.9 Å². The number of thiophene rings is 1. The molecule has 8 heteroatoms. The summed E-state index contributed by atoms with van der Waals surface area (Å²) in [5, 5.41) is 5.91. The number of benzene rings is 2. The maximum absolute atomic E-state index is 13.2. The number of carbonyl (C=O) groups excluding carboxylic acids is 1. The molecule has 0 spiro atoms. The predicted molar refractivity (Wildman–Crippen MR) is 129 cm³/mol. The molecule has 0 aliphatic carbocycles. The number of thioether (sulfide) groups is 1. The van der Waals surface area contributed by atoms with E-state index in [0.29, 0.717) is 26.9 Å². The van der Waals surface area contributed by atoms with Crippen molar-refractivity contribution in [3.63, 3.8) is 0 Å². The first-order chi connectivity index (χ1) is 14.9. The van der Waals surface area contributed by atoms with E-state index in [-0.39, 0.29) is 17.2 Å². The van der Waals surface area contributed by atoms with Crippen molar-refractivity contribution in [3.8, 4) is 5.69 Å². The van der Waals surface area contributed by atoms with E-state index in [1.807, 2.05) is 55.6 Å². The minimum atomic E-state index is -0.133. The van der Waals surface area contributed by atoms with Gasteiger partial charge in [-0.2, -0.15) is 0 Å². The fourth-order valence-corrected chi connectivity index (χ4v) is 4.79. The van der Waals surface area contributed by atoms with Gasteiger partial charge in [-0.05, 0) is 66.2 Å². The number of nitrogens with zero attached hydrogens (tertiary/aromatic N) is 2. The molecule has 0 aliphatic rings. The van der Waals surface area contributed by atoms with Gasteiger partial charge in [-0.1, -0.05) is 41.6 Å². The van der Waals surface area contributed by atoms with Crippen LogP contribution in [0.3, 0.4) is 0 Å². The van der Waals surface area contributed by atoms with Crippen LogP contribution in [-0.2, 0) is 11.3 Å². The largest absolute Gasteiger partial charge is 0.351 e. The third kappa shape index (κ3) is 4.84. The molecule has 2 aromatic carbocycles. The maximum atomic E-state index is 13.2. The summed E-state index contributed by atoms with van der Waals surface area (Å²) < 4.78 is 2.21. The normalized spacial score (nSPS) is 11.1. The second kappa shape index (κ2) is 9.26. The van der Waals surface area contributed by atoms with Crippen LogP contribution in [0.1, 0.15) is 16.7 Å². The number of aromatic nitrogens is 2. The molecule has 4 rings (SSSR count). The van der Waals surface area contributed by atoms with Gasteiger partial charge in [0.1, 0.15) is 4.70 Å². The van der Waals surface area contributed by atoms with Gasteiger partial charge in [-0.25, -0.2) is 4.98 Å². The quantitative estimate of drug-likeness (QED) is 0.314. The lowest BCUT2D eigenvalue weighted by Crippen LogP contribution is -2.26. The molecular weight excluding hydrogens is 450 g/mol. The number of carbonyl (C=O) groups is 1. The molecule has 0 aliphatic heterocycles. The van der Waals surface area contributed by atoms with Crippen molar-refractivity contribution in [1.82, 2.24) is 14.9 Å². The van der Waals surface area contributed by atoms with E-state index in [4.69, 9.17) is 11.6 Å². The van der Waals surface area contributed by atoms with Gasteiger partial charge in [0.25, 0.3) is 5.56 Å². The summed E-state index contributed by atoms with van der Waals surface area (Å²) in [6.07, 6.45) is 0. The Morgan fingerprint density at radius 2 is 1.90 bits per heavy atom. The smallest absolute Gasteiger partial charge is 0.276 e. The molecule has 0 bridgehead atoms. The third-order valence-electron chi connectivity index (χ3n) is 4.93. The highest BCUT2D eigenvalue weighted by atomic mass is 35.5. The highest BCUT2D eigenvalue weighted by Crippen LogP contribution is 2.24. The van der Waals surface area contributed by atoms with Crippen LogP contribution in [0.2, 0.25) is 5.02 Å². The molecule has 5 nitrogen and oxygen atoms in total. The van der Waals surface area contributed by atoms with Crippen LogP contribution in [0, 0.1) is 13.8 Å². The Morgan fingerprint density at radius 1 is 1.13 bits per heavy atom. The lowest BCUT2D eigenvalue weighted by Gasteiger charge is -2.13. The fourth-order valence-electron chi connectivity index (χ4n) is 3.07. The summed E-state index contributed by atoms with van der Waals surface area (Å²) in [5.74, 6) is 0.0202. The van der Waals surface area contributed by atoms with Gasteiger partial charge in [0.15, 0.2) is 5.16 Å². The van der Waals surface area contributed by atoms with Gasteiger partial charge < -0.3 is 5.32 Å². The highest BCUT2D eigenvalue weighted by Gasteiger charge is 2.16. The number of rotatable bonds is 6. The zero-order valence-corrected chi connectivity index (χ0v) is 19.4. The van der Waals surface area contributed by atoms with Crippen molar-refractivity contribution in [3.05, 3.63) is 86.0 Å². The molecule has 0 radical (unpaired) electrons. The van der Waals surface area contributed by atoms with Crippen molar-refractivity contribution >= 4 is 50.8 Å². The Bertz CT molecular complexity index is 1310. The molecule has 0 fully saturated rings. The van der Waals surface area contributed by atoms with Gasteiger partial charge in [0, 0.05) is 11.6 Å². The molecule has 2 heterocycles. The number of hydrogen-bond acceptors (Lipinski definition) is 5. The third-order valence-corrected chi connectivity index (χ3v) is 7.02. The molecule has 0 saturated heterocycles. The van der Waals surface area contributed by atoms with Crippen LogP contribution in [0.15, 0.2) is 63.9 Å². The van der Waals surface area contributed by atoms with Gasteiger partial charge in [0.05, 0.1) is 17.0 Å². The van der Waals surface area contributed by atoms with Crippen LogP contribution in [0.25, 0.3) is 15.9 Å². The van der Waals surface area contributed by atoms with Gasteiger partial charge in [0.2, 0.25) is 5.91 Å². The summed E-state index contributed by atoms with van der Waals surface area (Å²) in [7, 11) is 0. The molecule has 2 aromatic heterocycles. The molecule has 0 saturated carbocycles. The van der Waals surface area contributed by atoms with E-state index in [9.17, 15) is 9.59 Å². The summed E-state index contributed by atoms with van der Waals surface area (Å²) in [6.45, 7) is 4.46. The lowest BCUT2D eigenvalue weighted by molar-refractivity contribution is -0.118. The van der Waals surface area contributed by atoms with E-state index in [0.717, 1.165) is 22.4 Å². The van der Waals surface area contributed by atoms with Crippen LogP contribution in [-0.4, -0.2) is 21.2 Å².